The third-order valence-corrected chi connectivity index (χ3v) is 2.70. The highest BCUT2D eigenvalue weighted by Crippen LogP contribution is 2.00. The smallest absolute Gasteiger partial charge is 0.286 e. The quantitative estimate of drug-likeness (QED) is 0.807. The van der Waals surface area contributed by atoms with Gasteiger partial charge >= 0.3 is 0 Å². The van der Waals surface area contributed by atoms with Crippen molar-refractivity contribution in [1.82, 2.24) is 15.4 Å². The van der Waals surface area contributed by atoms with Gasteiger partial charge in [0, 0.05) is 13.2 Å². The molecule has 2 aromatic rings. The van der Waals surface area contributed by atoms with Crippen molar-refractivity contribution in [3.05, 3.63) is 59.9 Å². The van der Waals surface area contributed by atoms with E-state index < -0.39 is 0 Å². The summed E-state index contributed by atoms with van der Waals surface area (Å²) in [6.45, 7) is 0. The number of aromatic nitrogens is 1. The first kappa shape index (κ1) is 12.9. The van der Waals surface area contributed by atoms with Crippen LogP contribution in [-0.2, 0) is 18.3 Å². The highest BCUT2D eigenvalue weighted by atomic mass is 16.2. The monoisotopic (exact) mass is 257 g/mol. The lowest BCUT2D eigenvalue weighted by Gasteiger charge is -2.08. The van der Waals surface area contributed by atoms with E-state index in [0.29, 0.717) is 5.69 Å². The first-order valence-corrected chi connectivity index (χ1v) is 5.91. The molecule has 2 N–H and O–H groups in total. The van der Waals surface area contributed by atoms with Crippen LogP contribution in [0.5, 0.6) is 0 Å². The molecule has 5 heteroatoms. The van der Waals surface area contributed by atoms with Gasteiger partial charge in [0.15, 0.2) is 0 Å². The first-order chi connectivity index (χ1) is 9.16. The minimum atomic E-state index is -0.339. The van der Waals surface area contributed by atoms with E-state index >= 15 is 0 Å². The molecular formula is C14H15N3O2. The van der Waals surface area contributed by atoms with Gasteiger partial charge in [-0.1, -0.05) is 30.3 Å². The summed E-state index contributed by atoms with van der Waals surface area (Å²) in [4.78, 5) is 23.4. The third kappa shape index (κ3) is 3.45. The molecule has 0 spiro atoms. The van der Waals surface area contributed by atoms with Crippen LogP contribution in [0.15, 0.2) is 48.7 Å². The zero-order valence-electron chi connectivity index (χ0n) is 10.6. The number of aryl methyl sites for hydroxylation is 1. The molecule has 0 fully saturated rings. The Morgan fingerprint density at radius 1 is 1.05 bits per heavy atom. The lowest BCUT2D eigenvalue weighted by Crippen LogP contribution is -2.42. The van der Waals surface area contributed by atoms with Crippen molar-refractivity contribution in [2.75, 3.05) is 0 Å². The summed E-state index contributed by atoms with van der Waals surface area (Å²) in [5.74, 6) is -0.595. The number of carbonyl (C=O) groups is 2. The van der Waals surface area contributed by atoms with Gasteiger partial charge in [-0.2, -0.15) is 0 Å². The number of nitrogens with zero attached hydrogens (tertiary/aromatic N) is 1. The highest BCUT2D eigenvalue weighted by molar-refractivity contribution is 5.94. The molecule has 1 aromatic carbocycles. The van der Waals surface area contributed by atoms with Crippen molar-refractivity contribution in [2.24, 2.45) is 7.05 Å². The molecule has 0 radical (unpaired) electrons. The van der Waals surface area contributed by atoms with Gasteiger partial charge in [0.25, 0.3) is 5.91 Å². The molecule has 1 heterocycles. The number of rotatable bonds is 3. The van der Waals surface area contributed by atoms with Crippen LogP contribution in [-0.4, -0.2) is 16.4 Å². The molecule has 98 valence electrons. The molecule has 0 aliphatic carbocycles. The van der Waals surface area contributed by atoms with Crippen molar-refractivity contribution in [2.45, 2.75) is 6.42 Å². The number of hydrogen-bond acceptors (Lipinski definition) is 2. The molecule has 2 amide bonds. The molecule has 0 bridgehead atoms. The number of nitrogens with one attached hydrogen (secondary N) is 2. The van der Waals surface area contributed by atoms with Gasteiger partial charge < -0.3 is 4.57 Å². The van der Waals surface area contributed by atoms with Crippen molar-refractivity contribution in [3.8, 4) is 0 Å². The van der Waals surface area contributed by atoms with Crippen LogP contribution in [0.1, 0.15) is 16.1 Å². The first-order valence-electron chi connectivity index (χ1n) is 5.91. The normalized spacial score (nSPS) is 9.95. The SMILES string of the molecule is Cn1cccc1C(=O)NNC(=O)Cc1ccccc1. The molecule has 0 saturated heterocycles. The summed E-state index contributed by atoms with van der Waals surface area (Å²) in [5, 5.41) is 0. The van der Waals surface area contributed by atoms with Crippen LogP contribution in [0.3, 0.4) is 0 Å². The molecule has 0 aliphatic heterocycles. The number of hydrazine groups is 1. The van der Waals surface area contributed by atoms with E-state index in [1.54, 1.807) is 29.9 Å². The Balaban J connectivity index is 1.84. The summed E-state index contributed by atoms with van der Waals surface area (Å²) in [5.41, 5.74) is 6.16. The molecule has 2 rings (SSSR count). The fourth-order valence-corrected chi connectivity index (χ4v) is 1.71. The average Bonchev–Trinajstić information content (AvgIpc) is 2.83. The maximum atomic E-state index is 11.7. The third-order valence-electron chi connectivity index (χ3n) is 2.70. The second-order valence-corrected chi connectivity index (χ2v) is 4.17. The van der Waals surface area contributed by atoms with Crippen molar-refractivity contribution < 1.29 is 9.59 Å². The predicted octanol–water partition coefficient (Wildman–Crippen LogP) is 1.03. The largest absolute Gasteiger partial charge is 0.347 e. The van der Waals surface area contributed by atoms with Crippen molar-refractivity contribution >= 4 is 11.8 Å². The van der Waals surface area contributed by atoms with E-state index in [4.69, 9.17) is 0 Å². The number of amides is 2. The van der Waals surface area contributed by atoms with Crippen LogP contribution < -0.4 is 10.9 Å². The molecule has 5 nitrogen and oxygen atoms in total. The molecular weight excluding hydrogens is 242 g/mol. The maximum absolute atomic E-state index is 11.7. The van der Waals surface area contributed by atoms with Crippen molar-refractivity contribution in [3.63, 3.8) is 0 Å². The zero-order valence-corrected chi connectivity index (χ0v) is 10.6. The van der Waals surface area contributed by atoms with Gasteiger partial charge in [-0.15, -0.1) is 0 Å². The van der Waals surface area contributed by atoms with Crippen LogP contribution in [0.25, 0.3) is 0 Å². The van der Waals surface area contributed by atoms with E-state index in [0.717, 1.165) is 5.56 Å². The maximum Gasteiger partial charge on any atom is 0.286 e. The Labute approximate surface area is 111 Å². The molecule has 0 unspecified atom stereocenters. The molecule has 0 saturated carbocycles. The van der Waals surface area contributed by atoms with E-state index in [1.165, 1.54) is 0 Å². The summed E-state index contributed by atoms with van der Waals surface area (Å²) < 4.78 is 1.68. The van der Waals surface area contributed by atoms with E-state index in [2.05, 4.69) is 10.9 Å². The Morgan fingerprint density at radius 2 is 1.79 bits per heavy atom. The Bertz CT molecular complexity index is 575. The Hall–Kier alpha value is -2.56. The van der Waals surface area contributed by atoms with Gasteiger partial charge in [-0.3, -0.25) is 20.4 Å². The van der Waals surface area contributed by atoms with E-state index in [1.807, 2.05) is 30.3 Å². The molecule has 0 atom stereocenters. The van der Waals surface area contributed by atoms with Gasteiger partial charge in [-0.25, -0.2) is 0 Å². The minimum absolute atomic E-state index is 0.230. The van der Waals surface area contributed by atoms with Crippen LogP contribution >= 0.6 is 0 Å². The lowest BCUT2D eigenvalue weighted by molar-refractivity contribution is -0.121. The lowest BCUT2D eigenvalue weighted by atomic mass is 10.1. The fraction of sp³-hybridized carbons (Fsp3) is 0.143. The van der Waals surface area contributed by atoms with Crippen LogP contribution in [0.4, 0.5) is 0 Å². The summed E-state index contributed by atoms with van der Waals surface area (Å²) in [6, 6.07) is 12.8. The molecule has 1 aromatic heterocycles. The van der Waals surface area contributed by atoms with Gasteiger partial charge in [0.2, 0.25) is 5.91 Å². The second-order valence-electron chi connectivity index (χ2n) is 4.17. The summed E-state index contributed by atoms with van der Waals surface area (Å²) in [6.07, 6.45) is 2.00. The standard InChI is InChI=1S/C14H15N3O2/c1-17-9-5-8-12(17)14(19)16-15-13(18)10-11-6-3-2-4-7-11/h2-9H,10H2,1H3,(H,15,18)(H,16,19). The number of carbonyl (C=O) groups excluding carboxylic acids is 2. The van der Waals surface area contributed by atoms with Gasteiger partial charge in [-0.05, 0) is 17.7 Å². The van der Waals surface area contributed by atoms with Crippen LogP contribution in [0, 0.1) is 0 Å². The number of hydrogen-bond donors (Lipinski definition) is 2. The van der Waals surface area contributed by atoms with Crippen LogP contribution in [0.2, 0.25) is 0 Å². The topological polar surface area (TPSA) is 63.1 Å². The Kier molecular flexibility index (Phi) is 3.97. The van der Waals surface area contributed by atoms with Gasteiger partial charge in [0.05, 0.1) is 6.42 Å². The number of benzene rings is 1. The van der Waals surface area contributed by atoms with E-state index in [-0.39, 0.29) is 18.2 Å². The molecule has 0 aliphatic rings. The Morgan fingerprint density at radius 3 is 2.42 bits per heavy atom. The molecule has 19 heavy (non-hydrogen) atoms. The fourth-order valence-electron chi connectivity index (χ4n) is 1.71. The second kappa shape index (κ2) is 5.86. The minimum Gasteiger partial charge on any atom is -0.347 e. The predicted molar refractivity (Wildman–Crippen MR) is 71.2 cm³/mol. The average molecular weight is 257 g/mol. The summed E-state index contributed by atoms with van der Waals surface area (Å²) >= 11 is 0. The highest BCUT2D eigenvalue weighted by Gasteiger charge is 2.09. The zero-order chi connectivity index (χ0) is 13.7. The van der Waals surface area contributed by atoms with E-state index in [9.17, 15) is 9.59 Å². The van der Waals surface area contributed by atoms with Gasteiger partial charge in [0.1, 0.15) is 5.69 Å². The summed E-state index contributed by atoms with van der Waals surface area (Å²) in [7, 11) is 1.76. The van der Waals surface area contributed by atoms with Crippen molar-refractivity contribution in [1.29, 1.82) is 0 Å².